The number of ether oxygens (including phenoxy) is 1. The molecule has 0 aliphatic rings. The normalized spacial score (nSPS) is 10.3. The molecule has 5 N–H and O–H groups in total. The van der Waals surface area contributed by atoms with Crippen LogP contribution >= 0.6 is 0 Å². The van der Waals surface area contributed by atoms with Crippen LogP contribution in [0, 0.1) is 0 Å². The Balaban J connectivity index is 1.65. The molecule has 0 fully saturated rings. The highest BCUT2D eigenvalue weighted by molar-refractivity contribution is 5.95. The summed E-state index contributed by atoms with van der Waals surface area (Å²) in [6.07, 6.45) is 0. The number of aromatic nitrogens is 2. The molecular formula is C13H18N5O3+. The van der Waals surface area contributed by atoms with E-state index in [-0.39, 0.29) is 17.4 Å². The average Bonchev–Trinajstić information content (AvgIpc) is 2.93. The van der Waals surface area contributed by atoms with E-state index in [2.05, 4.69) is 25.6 Å². The Kier molecular flexibility index (Phi) is 5.10. The summed E-state index contributed by atoms with van der Waals surface area (Å²) in [5.74, 6) is 0.450. The Morgan fingerprint density at radius 2 is 2.14 bits per heavy atom. The van der Waals surface area contributed by atoms with Gasteiger partial charge in [-0.2, -0.15) is 0 Å². The smallest absolute Gasteiger partial charge is 0.277 e. The maximum Gasteiger partial charge on any atom is 0.277 e. The summed E-state index contributed by atoms with van der Waals surface area (Å²) in [5, 5.41) is 11.6. The second-order valence-corrected chi connectivity index (χ2v) is 4.38. The maximum absolute atomic E-state index is 11.6. The number of nitrogen functional groups attached to an aromatic ring is 1. The van der Waals surface area contributed by atoms with Gasteiger partial charge in [-0.15, -0.1) is 0 Å². The molecule has 0 aliphatic carbocycles. The lowest BCUT2D eigenvalue weighted by Gasteiger charge is -2.04. The number of nitrogens with one attached hydrogen (secondary N) is 1. The van der Waals surface area contributed by atoms with Crippen LogP contribution in [0.5, 0.6) is 5.75 Å². The average molecular weight is 292 g/mol. The Bertz CT molecular complexity index is 582. The maximum atomic E-state index is 11.6. The van der Waals surface area contributed by atoms with Crippen molar-refractivity contribution in [3.05, 3.63) is 35.5 Å². The number of methoxy groups -OCH3 is 1. The molecule has 0 saturated heterocycles. The summed E-state index contributed by atoms with van der Waals surface area (Å²) >= 11 is 0. The summed E-state index contributed by atoms with van der Waals surface area (Å²) in [6.45, 7) is 2.07. The predicted molar refractivity (Wildman–Crippen MR) is 74.5 cm³/mol. The zero-order chi connectivity index (χ0) is 15.1. The van der Waals surface area contributed by atoms with Gasteiger partial charge in [0, 0.05) is 5.56 Å². The first-order chi connectivity index (χ1) is 10.2. The van der Waals surface area contributed by atoms with E-state index in [1.807, 2.05) is 24.3 Å². The molecule has 1 amide bonds. The fourth-order valence-corrected chi connectivity index (χ4v) is 1.75. The molecular weight excluding hydrogens is 274 g/mol. The SMILES string of the molecule is COc1ccc(C[NH2+]CCNC(=O)c2nonc2N)cc1. The molecule has 0 atom stereocenters. The van der Waals surface area contributed by atoms with Crippen LogP contribution in [0.25, 0.3) is 0 Å². The summed E-state index contributed by atoms with van der Waals surface area (Å²) in [4.78, 5) is 11.6. The van der Waals surface area contributed by atoms with Crippen molar-refractivity contribution in [1.29, 1.82) is 0 Å². The molecule has 1 heterocycles. The van der Waals surface area contributed by atoms with Crippen LogP contribution in [0.15, 0.2) is 28.9 Å². The van der Waals surface area contributed by atoms with Gasteiger partial charge in [-0.3, -0.25) is 4.79 Å². The van der Waals surface area contributed by atoms with Gasteiger partial charge >= 0.3 is 0 Å². The third kappa shape index (κ3) is 4.18. The standard InChI is InChI=1S/C13H17N5O3/c1-20-10-4-2-9(3-5-10)8-15-6-7-16-13(19)11-12(14)18-21-17-11/h2-5,15H,6-8H2,1H3,(H2,14,18)(H,16,19)/p+1. The monoisotopic (exact) mass is 292 g/mol. The zero-order valence-electron chi connectivity index (χ0n) is 11.7. The van der Waals surface area contributed by atoms with E-state index in [0.717, 1.165) is 18.8 Å². The van der Waals surface area contributed by atoms with Gasteiger partial charge in [-0.25, -0.2) is 4.63 Å². The number of carbonyl (C=O) groups excluding carboxylic acids is 1. The van der Waals surface area contributed by atoms with E-state index in [1.54, 1.807) is 7.11 Å². The van der Waals surface area contributed by atoms with Crippen LogP contribution in [-0.2, 0) is 6.54 Å². The Morgan fingerprint density at radius 1 is 1.38 bits per heavy atom. The van der Waals surface area contributed by atoms with E-state index in [9.17, 15) is 4.79 Å². The number of hydrogen-bond acceptors (Lipinski definition) is 6. The number of hydrogen-bond donors (Lipinski definition) is 3. The van der Waals surface area contributed by atoms with Gasteiger partial charge < -0.3 is 21.1 Å². The topological polar surface area (TPSA) is 120 Å². The molecule has 2 rings (SSSR count). The van der Waals surface area contributed by atoms with Gasteiger partial charge in [-0.05, 0) is 34.6 Å². The summed E-state index contributed by atoms with van der Waals surface area (Å²) in [7, 11) is 1.64. The third-order valence-electron chi connectivity index (χ3n) is 2.90. The quantitative estimate of drug-likeness (QED) is 0.572. The molecule has 1 aromatic heterocycles. The molecule has 21 heavy (non-hydrogen) atoms. The van der Waals surface area contributed by atoms with E-state index in [0.29, 0.717) is 6.54 Å². The lowest BCUT2D eigenvalue weighted by atomic mass is 10.2. The third-order valence-corrected chi connectivity index (χ3v) is 2.90. The molecule has 1 aromatic carbocycles. The highest BCUT2D eigenvalue weighted by atomic mass is 16.6. The summed E-state index contributed by atoms with van der Waals surface area (Å²) in [6, 6.07) is 7.86. The first-order valence-corrected chi connectivity index (χ1v) is 6.51. The largest absolute Gasteiger partial charge is 0.497 e. The van der Waals surface area contributed by atoms with E-state index < -0.39 is 0 Å². The van der Waals surface area contributed by atoms with E-state index in [1.165, 1.54) is 5.56 Å². The number of carbonyl (C=O) groups is 1. The van der Waals surface area contributed by atoms with Gasteiger partial charge in [0.2, 0.25) is 11.5 Å². The van der Waals surface area contributed by atoms with Crippen molar-refractivity contribution in [1.82, 2.24) is 15.6 Å². The minimum absolute atomic E-state index is 0.00490. The van der Waals surface area contributed by atoms with E-state index >= 15 is 0 Å². The van der Waals surface area contributed by atoms with Crippen molar-refractivity contribution in [3.8, 4) is 5.75 Å². The second kappa shape index (κ2) is 7.25. The number of quaternary nitrogens is 1. The van der Waals surface area contributed by atoms with Gasteiger partial charge in [0.1, 0.15) is 12.3 Å². The number of nitrogens with two attached hydrogens (primary N) is 2. The fourth-order valence-electron chi connectivity index (χ4n) is 1.75. The fraction of sp³-hybridized carbons (Fsp3) is 0.308. The molecule has 8 heteroatoms. The van der Waals surface area contributed by atoms with Crippen LogP contribution in [0.2, 0.25) is 0 Å². The van der Waals surface area contributed by atoms with Crippen LogP contribution < -0.4 is 21.1 Å². The molecule has 0 aliphatic heterocycles. The molecule has 0 radical (unpaired) electrons. The minimum atomic E-state index is -0.383. The summed E-state index contributed by atoms with van der Waals surface area (Å²) < 4.78 is 9.46. The minimum Gasteiger partial charge on any atom is -0.497 e. The zero-order valence-corrected chi connectivity index (χ0v) is 11.7. The van der Waals surface area contributed by atoms with Crippen molar-refractivity contribution in [2.75, 3.05) is 25.9 Å². The van der Waals surface area contributed by atoms with Gasteiger partial charge in [-0.1, -0.05) is 0 Å². The molecule has 8 nitrogen and oxygen atoms in total. The molecule has 0 spiro atoms. The molecule has 2 aromatic rings. The number of anilines is 1. The Hall–Kier alpha value is -2.61. The van der Waals surface area contributed by atoms with Crippen molar-refractivity contribution in [3.63, 3.8) is 0 Å². The number of benzene rings is 1. The Morgan fingerprint density at radius 3 is 2.76 bits per heavy atom. The lowest BCUT2D eigenvalue weighted by molar-refractivity contribution is -0.668. The molecule has 0 saturated carbocycles. The lowest BCUT2D eigenvalue weighted by Crippen LogP contribution is -2.84. The number of amides is 1. The number of rotatable bonds is 7. The van der Waals surface area contributed by atoms with Crippen molar-refractivity contribution in [2.45, 2.75) is 6.54 Å². The molecule has 0 unspecified atom stereocenters. The van der Waals surface area contributed by atoms with Crippen molar-refractivity contribution >= 4 is 11.7 Å². The van der Waals surface area contributed by atoms with Gasteiger partial charge in [0.05, 0.1) is 20.2 Å². The highest BCUT2D eigenvalue weighted by Crippen LogP contribution is 2.10. The summed E-state index contributed by atoms with van der Waals surface area (Å²) in [5.41, 5.74) is 6.63. The highest BCUT2D eigenvalue weighted by Gasteiger charge is 2.15. The first-order valence-electron chi connectivity index (χ1n) is 6.51. The second-order valence-electron chi connectivity index (χ2n) is 4.38. The Labute approximate surface area is 121 Å². The van der Waals surface area contributed by atoms with Gasteiger partial charge in [0.15, 0.2) is 0 Å². The van der Waals surface area contributed by atoms with Crippen LogP contribution in [-0.4, -0.2) is 36.4 Å². The molecule has 0 bridgehead atoms. The van der Waals surface area contributed by atoms with Crippen molar-refractivity contribution < 1.29 is 19.5 Å². The molecule has 112 valence electrons. The van der Waals surface area contributed by atoms with Crippen molar-refractivity contribution in [2.24, 2.45) is 0 Å². The first kappa shape index (κ1) is 14.8. The van der Waals surface area contributed by atoms with Crippen LogP contribution in [0.4, 0.5) is 5.82 Å². The van der Waals surface area contributed by atoms with Crippen LogP contribution in [0.1, 0.15) is 16.1 Å². The predicted octanol–water partition coefficient (Wildman–Crippen LogP) is -0.846. The van der Waals surface area contributed by atoms with Gasteiger partial charge in [0.25, 0.3) is 5.91 Å². The van der Waals surface area contributed by atoms with E-state index in [4.69, 9.17) is 10.5 Å². The van der Waals surface area contributed by atoms with Crippen LogP contribution in [0.3, 0.4) is 0 Å². The number of nitrogens with zero attached hydrogens (tertiary/aromatic N) is 2.